The maximum Gasteiger partial charge on any atom is 0.127 e. The highest BCUT2D eigenvalue weighted by Gasteiger charge is 1.99. The molecule has 2 aromatic carbocycles. The van der Waals surface area contributed by atoms with Crippen molar-refractivity contribution in [2.75, 3.05) is 12.4 Å². The minimum absolute atomic E-state index is 0.755. The molecule has 0 radical (unpaired) electrons. The summed E-state index contributed by atoms with van der Waals surface area (Å²) in [5.41, 5.74) is 0. The SMILES string of the molecule is [S-]CCCCOc1cccc2ccccc12. The number of hydrogen-bond acceptors (Lipinski definition) is 2. The fourth-order valence-electron chi connectivity index (χ4n) is 1.71. The number of ether oxygens (including phenoxy) is 1. The predicted octanol–water partition coefficient (Wildman–Crippen LogP) is 3.55. The Hall–Kier alpha value is -1.15. The minimum atomic E-state index is 0.755. The van der Waals surface area contributed by atoms with E-state index in [1.165, 1.54) is 10.8 Å². The second-order valence-electron chi connectivity index (χ2n) is 3.74. The molecule has 0 aliphatic rings. The van der Waals surface area contributed by atoms with Gasteiger partial charge in [0.15, 0.2) is 0 Å². The van der Waals surface area contributed by atoms with Gasteiger partial charge in [-0.3, -0.25) is 0 Å². The van der Waals surface area contributed by atoms with Crippen molar-refractivity contribution in [1.82, 2.24) is 0 Å². The molecule has 0 aliphatic carbocycles. The number of unbranched alkanes of at least 4 members (excludes halogenated alkanes) is 1. The van der Waals surface area contributed by atoms with Crippen molar-refractivity contribution in [1.29, 1.82) is 0 Å². The van der Waals surface area contributed by atoms with Gasteiger partial charge in [0.25, 0.3) is 0 Å². The summed E-state index contributed by atoms with van der Waals surface area (Å²) in [5.74, 6) is 1.79. The van der Waals surface area contributed by atoms with Gasteiger partial charge in [-0.2, -0.15) is 5.75 Å². The Balaban J connectivity index is 2.11. The van der Waals surface area contributed by atoms with E-state index >= 15 is 0 Å². The van der Waals surface area contributed by atoms with Gasteiger partial charge in [0.1, 0.15) is 5.75 Å². The molecule has 0 amide bonds. The van der Waals surface area contributed by atoms with E-state index in [1.807, 2.05) is 24.3 Å². The smallest absolute Gasteiger partial charge is 0.127 e. The highest BCUT2D eigenvalue weighted by molar-refractivity contribution is 7.58. The van der Waals surface area contributed by atoms with Gasteiger partial charge >= 0.3 is 0 Å². The van der Waals surface area contributed by atoms with Gasteiger partial charge in [-0.05, 0) is 17.9 Å². The molecule has 0 fully saturated rings. The molecule has 2 rings (SSSR count). The van der Waals surface area contributed by atoms with Crippen LogP contribution < -0.4 is 4.74 Å². The van der Waals surface area contributed by atoms with E-state index in [0.717, 1.165) is 31.0 Å². The first-order chi connectivity index (χ1) is 7.92. The van der Waals surface area contributed by atoms with Crippen LogP contribution in [0.3, 0.4) is 0 Å². The molecule has 0 saturated heterocycles. The van der Waals surface area contributed by atoms with E-state index in [0.29, 0.717) is 0 Å². The summed E-state index contributed by atoms with van der Waals surface area (Å²) in [6, 6.07) is 14.4. The van der Waals surface area contributed by atoms with Crippen molar-refractivity contribution < 1.29 is 4.74 Å². The van der Waals surface area contributed by atoms with Crippen LogP contribution in [0.5, 0.6) is 5.75 Å². The van der Waals surface area contributed by atoms with Crippen molar-refractivity contribution in [2.24, 2.45) is 0 Å². The standard InChI is InChI=1S/C14H16OS/c16-11-4-3-10-15-14-9-5-7-12-6-1-2-8-13(12)14/h1-2,5-9,16H,3-4,10-11H2/p-1. The molecule has 0 atom stereocenters. The van der Waals surface area contributed by atoms with Gasteiger partial charge in [-0.1, -0.05) is 42.8 Å². The van der Waals surface area contributed by atoms with Crippen LogP contribution in [0.15, 0.2) is 42.5 Å². The molecule has 1 nitrogen and oxygen atoms in total. The zero-order valence-electron chi connectivity index (χ0n) is 9.19. The molecule has 0 heterocycles. The molecule has 0 saturated carbocycles. The summed E-state index contributed by atoms with van der Waals surface area (Å²) in [4.78, 5) is 0. The van der Waals surface area contributed by atoms with Gasteiger partial charge in [0.05, 0.1) is 6.61 Å². The summed E-state index contributed by atoms with van der Waals surface area (Å²) in [6.45, 7) is 0.755. The average Bonchev–Trinajstić information content (AvgIpc) is 2.35. The van der Waals surface area contributed by atoms with E-state index in [2.05, 4.69) is 18.2 Å². The molecule has 0 bridgehead atoms. The molecular formula is C14H15OS-. The Labute approximate surface area is 102 Å². The Morgan fingerprint density at radius 3 is 2.62 bits per heavy atom. The lowest BCUT2D eigenvalue weighted by molar-refractivity contribution is 0.313. The summed E-state index contributed by atoms with van der Waals surface area (Å²) in [6.07, 6.45) is 2.09. The van der Waals surface area contributed by atoms with E-state index in [1.54, 1.807) is 0 Å². The molecule has 0 unspecified atom stereocenters. The van der Waals surface area contributed by atoms with Crippen molar-refractivity contribution in [2.45, 2.75) is 12.8 Å². The predicted molar refractivity (Wildman–Crippen MR) is 70.9 cm³/mol. The number of rotatable bonds is 5. The molecule has 2 heteroatoms. The lowest BCUT2D eigenvalue weighted by Crippen LogP contribution is -1.98. The largest absolute Gasteiger partial charge is 0.793 e. The van der Waals surface area contributed by atoms with Crippen LogP contribution in [0.1, 0.15) is 12.8 Å². The van der Waals surface area contributed by atoms with Crippen LogP contribution in [0.2, 0.25) is 0 Å². The molecule has 16 heavy (non-hydrogen) atoms. The average molecular weight is 231 g/mol. The van der Waals surface area contributed by atoms with Crippen LogP contribution in [-0.2, 0) is 12.6 Å². The van der Waals surface area contributed by atoms with E-state index in [9.17, 15) is 0 Å². The molecule has 0 aromatic heterocycles. The summed E-state index contributed by atoms with van der Waals surface area (Å²) >= 11 is 4.90. The molecule has 2 aromatic rings. The number of benzene rings is 2. The highest BCUT2D eigenvalue weighted by atomic mass is 32.1. The topological polar surface area (TPSA) is 9.23 Å². The Morgan fingerprint density at radius 1 is 0.938 bits per heavy atom. The quantitative estimate of drug-likeness (QED) is 0.575. The Morgan fingerprint density at radius 2 is 1.75 bits per heavy atom. The Kier molecular flexibility index (Phi) is 4.11. The van der Waals surface area contributed by atoms with E-state index in [4.69, 9.17) is 17.4 Å². The van der Waals surface area contributed by atoms with E-state index in [-0.39, 0.29) is 0 Å². The van der Waals surface area contributed by atoms with Crippen molar-refractivity contribution in [3.8, 4) is 5.75 Å². The van der Waals surface area contributed by atoms with Crippen LogP contribution in [0.25, 0.3) is 10.8 Å². The van der Waals surface area contributed by atoms with Gasteiger partial charge in [0, 0.05) is 5.39 Å². The fraction of sp³-hybridized carbons (Fsp3) is 0.286. The number of fused-ring (bicyclic) bond motifs is 1. The summed E-state index contributed by atoms with van der Waals surface area (Å²) in [7, 11) is 0. The fourth-order valence-corrected chi connectivity index (χ4v) is 1.91. The third-order valence-corrected chi connectivity index (χ3v) is 2.83. The third kappa shape index (κ3) is 2.70. The van der Waals surface area contributed by atoms with Gasteiger partial charge in [-0.15, -0.1) is 0 Å². The van der Waals surface area contributed by atoms with Crippen LogP contribution in [-0.4, -0.2) is 12.4 Å². The maximum absolute atomic E-state index is 5.78. The van der Waals surface area contributed by atoms with Crippen molar-refractivity contribution in [3.05, 3.63) is 42.5 Å². The molecule has 0 N–H and O–H groups in total. The van der Waals surface area contributed by atoms with Crippen LogP contribution in [0.4, 0.5) is 0 Å². The Bertz CT molecular complexity index is 448. The first-order valence-corrected chi connectivity index (χ1v) is 6.18. The summed E-state index contributed by atoms with van der Waals surface area (Å²) in [5, 5.41) is 2.41. The highest BCUT2D eigenvalue weighted by Crippen LogP contribution is 2.25. The first kappa shape index (κ1) is 11.3. The lowest BCUT2D eigenvalue weighted by atomic mass is 10.1. The van der Waals surface area contributed by atoms with Gasteiger partial charge in [-0.25, -0.2) is 0 Å². The van der Waals surface area contributed by atoms with E-state index < -0.39 is 0 Å². The van der Waals surface area contributed by atoms with Gasteiger partial charge in [0.2, 0.25) is 0 Å². The summed E-state index contributed by atoms with van der Waals surface area (Å²) < 4.78 is 5.78. The zero-order valence-corrected chi connectivity index (χ0v) is 10.0. The second kappa shape index (κ2) is 5.80. The molecule has 84 valence electrons. The third-order valence-electron chi connectivity index (χ3n) is 2.55. The number of hydrogen-bond donors (Lipinski definition) is 0. The zero-order chi connectivity index (χ0) is 11.2. The second-order valence-corrected chi connectivity index (χ2v) is 4.15. The molecular weight excluding hydrogens is 216 g/mol. The molecule has 0 spiro atoms. The van der Waals surface area contributed by atoms with Crippen molar-refractivity contribution in [3.63, 3.8) is 0 Å². The van der Waals surface area contributed by atoms with Crippen LogP contribution >= 0.6 is 0 Å². The van der Waals surface area contributed by atoms with Gasteiger partial charge < -0.3 is 17.4 Å². The van der Waals surface area contributed by atoms with Crippen molar-refractivity contribution >= 4 is 23.4 Å². The normalized spacial score (nSPS) is 10.6. The first-order valence-electron chi connectivity index (χ1n) is 5.60. The minimum Gasteiger partial charge on any atom is -0.793 e. The molecule has 0 aliphatic heterocycles. The maximum atomic E-state index is 5.78. The monoisotopic (exact) mass is 231 g/mol. The van der Waals surface area contributed by atoms with Crippen LogP contribution in [0, 0.1) is 0 Å². The lowest BCUT2D eigenvalue weighted by Gasteiger charge is -2.09.